The molecular weight excluding hydrogens is 212 g/mol. The number of methoxy groups -OCH3 is 1. The second-order valence-corrected chi connectivity index (χ2v) is 2.96. The lowest BCUT2D eigenvalue weighted by Crippen LogP contribution is -2.13. The Bertz CT molecular complexity index is 470. The van der Waals surface area contributed by atoms with Gasteiger partial charge in [0.15, 0.2) is 6.29 Å². The molecule has 86 valence electrons. The zero-order valence-electron chi connectivity index (χ0n) is 9.02. The van der Waals surface area contributed by atoms with Crippen molar-refractivity contribution in [2.75, 3.05) is 7.11 Å². The molecule has 5 nitrogen and oxygen atoms in total. The summed E-state index contributed by atoms with van der Waals surface area (Å²) >= 11 is 0. The van der Waals surface area contributed by atoms with Gasteiger partial charge in [-0.2, -0.15) is 0 Å². The highest BCUT2D eigenvalue weighted by atomic mass is 16.5. The molecule has 0 unspecified atom stereocenters. The van der Waals surface area contributed by atoms with Gasteiger partial charge in [0.05, 0.1) is 19.3 Å². The highest BCUT2D eigenvalue weighted by molar-refractivity contribution is 5.84. The molecule has 0 aromatic carbocycles. The minimum absolute atomic E-state index is 0.0573. The monoisotopic (exact) mass is 224 g/mol. The van der Waals surface area contributed by atoms with Gasteiger partial charge in [-0.05, 0) is 13.0 Å². The molecule has 0 aliphatic rings. The molecule has 1 heterocycles. The summed E-state index contributed by atoms with van der Waals surface area (Å²) in [5.41, 5.74) is -0.653. The number of hydrogen-bond donors (Lipinski definition) is 1. The number of aliphatic hydroxyl groups is 1. The highest BCUT2D eigenvalue weighted by Crippen LogP contribution is 2.23. The molecule has 0 spiro atoms. The zero-order chi connectivity index (χ0) is 12.1. The Morgan fingerprint density at radius 1 is 1.50 bits per heavy atom. The van der Waals surface area contributed by atoms with Crippen LogP contribution in [-0.2, 0) is 6.61 Å². The van der Waals surface area contributed by atoms with Gasteiger partial charge in [-0.25, -0.2) is 4.79 Å². The minimum Gasteiger partial charge on any atom is -0.495 e. The first-order valence-electron chi connectivity index (χ1n) is 4.62. The Kier molecular flexibility index (Phi) is 4.02. The number of hydrogen-bond acceptors (Lipinski definition) is 5. The molecule has 0 amide bonds. The van der Waals surface area contributed by atoms with Crippen molar-refractivity contribution in [1.82, 2.24) is 0 Å². The Balaban J connectivity index is 3.63. The quantitative estimate of drug-likeness (QED) is 0.771. The van der Waals surface area contributed by atoms with Crippen molar-refractivity contribution in [1.29, 1.82) is 0 Å². The second kappa shape index (κ2) is 5.27. The lowest BCUT2D eigenvalue weighted by atomic mass is 10.1. The summed E-state index contributed by atoms with van der Waals surface area (Å²) in [6, 6.07) is 0. The van der Waals surface area contributed by atoms with Gasteiger partial charge >= 0.3 is 5.63 Å². The first-order chi connectivity index (χ1) is 7.69. The van der Waals surface area contributed by atoms with Crippen LogP contribution in [0.1, 0.15) is 28.6 Å². The van der Waals surface area contributed by atoms with Crippen molar-refractivity contribution in [2.45, 2.75) is 13.5 Å². The van der Waals surface area contributed by atoms with Crippen molar-refractivity contribution < 1.29 is 19.1 Å². The Morgan fingerprint density at radius 3 is 2.62 bits per heavy atom. The summed E-state index contributed by atoms with van der Waals surface area (Å²) in [4.78, 5) is 22.3. The van der Waals surface area contributed by atoms with Crippen LogP contribution >= 0.6 is 0 Å². The lowest BCUT2D eigenvalue weighted by Gasteiger charge is -2.08. The van der Waals surface area contributed by atoms with Crippen LogP contribution in [0.3, 0.4) is 0 Å². The van der Waals surface area contributed by atoms with Crippen molar-refractivity contribution in [3.63, 3.8) is 0 Å². The third kappa shape index (κ3) is 2.04. The minimum atomic E-state index is -0.710. The molecule has 0 aliphatic heterocycles. The summed E-state index contributed by atoms with van der Waals surface area (Å²) in [5.74, 6) is 0.179. The van der Waals surface area contributed by atoms with Crippen LogP contribution in [0.15, 0.2) is 15.3 Å². The second-order valence-electron chi connectivity index (χ2n) is 2.96. The van der Waals surface area contributed by atoms with Crippen LogP contribution in [0.25, 0.3) is 6.08 Å². The fourth-order valence-corrected chi connectivity index (χ4v) is 1.34. The first-order valence-corrected chi connectivity index (χ1v) is 4.62. The molecule has 1 aromatic heterocycles. The summed E-state index contributed by atoms with van der Waals surface area (Å²) in [6.45, 7) is 1.18. The molecule has 5 heteroatoms. The molecule has 0 aliphatic carbocycles. The van der Waals surface area contributed by atoms with Gasteiger partial charge in [0.25, 0.3) is 0 Å². The summed E-state index contributed by atoms with van der Waals surface area (Å²) < 4.78 is 9.83. The fourth-order valence-electron chi connectivity index (χ4n) is 1.34. The highest BCUT2D eigenvalue weighted by Gasteiger charge is 2.18. The van der Waals surface area contributed by atoms with Gasteiger partial charge < -0.3 is 14.3 Å². The number of carbonyl (C=O) groups excluding carboxylic acids is 1. The van der Waals surface area contributed by atoms with E-state index in [1.54, 1.807) is 13.0 Å². The number of allylic oxidation sites excluding steroid dienone is 1. The van der Waals surface area contributed by atoms with Crippen molar-refractivity contribution in [3.8, 4) is 5.75 Å². The summed E-state index contributed by atoms with van der Waals surface area (Å²) in [7, 11) is 1.32. The third-order valence-corrected chi connectivity index (χ3v) is 2.03. The van der Waals surface area contributed by atoms with Gasteiger partial charge in [-0.3, -0.25) is 4.79 Å². The SMILES string of the molecule is C/C=C/c1oc(=O)c(CO)c(OC)c1C=O. The molecular formula is C11H12O5. The van der Waals surface area contributed by atoms with E-state index < -0.39 is 12.2 Å². The van der Waals surface area contributed by atoms with Crippen molar-refractivity contribution >= 4 is 12.4 Å². The molecule has 1 aromatic rings. The summed E-state index contributed by atoms with van der Waals surface area (Å²) in [6.07, 6.45) is 3.63. The Hall–Kier alpha value is -1.88. The van der Waals surface area contributed by atoms with Crippen molar-refractivity contribution in [3.05, 3.63) is 33.4 Å². The van der Waals surface area contributed by atoms with Gasteiger partial charge in [0, 0.05) is 0 Å². The number of aliphatic hydroxyl groups excluding tert-OH is 1. The standard InChI is InChI=1S/C11H12O5/c1-3-4-9-7(5-12)10(15-2)8(6-13)11(14)16-9/h3-5,13H,6H2,1-2H3/b4-3+. The van der Waals surface area contributed by atoms with E-state index in [0.717, 1.165) is 0 Å². The maximum Gasteiger partial charge on any atom is 0.345 e. The zero-order valence-corrected chi connectivity index (χ0v) is 9.02. The average molecular weight is 224 g/mol. The van der Waals surface area contributed by atoms with Crippen LogP contribution in [0.5, 0.6) is 5.75 Å². The van der Waals surface area contributed by atoms with E-state index in [1.165, 1.54) is 13.2 Å². The molecule has 0 saturated heterocycles. The Morgan fingerprint density at radius 2 is 2.19 bits per heavy atom. The summed E-state index contributed by atoms with van der Waals surface area (Å²) in [5, 5.41) is 9.00. The largest absolute Gasteiger partial charge is 0.495 e. The smallest absolute Gasteiger partial charge is 0.345 e. The van der Waals surface area contributed by atoms with E-state index in [-0.39, 0.29) is 22.6 Å². The van der Waals surface area contributed by atoms with E-state index in [2.05, 4.69) is 0 Å². The van der Waals surface area contributed by atoms with E-state index in [9.17, 15) is 9.59 Å². The molecule has 1 rings (SSSR count). The lowest BCUT2D eigenvalue weighted by molar-refractivity contribution is 0.111. The number of ether oxygens (including phenoxy) is 1. The topological polar surface area (TPSA) is 76.7 Å². The third-order valence-electron chi connectivity index (χ3n) is 2.03. The molecule has 0 fully saturated rings. The predicted octanol–water partition coefficient (Wildman–Crippen LogP) is 0.986. The van der Waals surface area contributed by atoms with Gasteiger partial charge in [0.1, 0.15) is 17.1 Å². The average Bonchev–Trinajstić information content (AvgIpc) is 2.28. The van der Waals surface area contributed by atoms with E-state index >= 15 is 0 Å². The van der Waals surface area contributed by atoms with Gasteiger partial charge in [-0.15, -0.1) is 0 Å². The predicted molar refractivity (Wildman–Crippen MR) is 57.5 cm³/mol. The molecule has 0 bridgehead atoms. The normalized spacial score (nSPS) is 10.7. The molecule has 0 radical (unpaired) electrons. The fraction of sp³-hybridized carbons (Fsp3) is 0.273. The molecule has 0 saturated carbocycles. The molecule has 16 heavy (non-hydrogen) atoms. The van der Waals surface area contributed by atoms with Crippen LogP contribution in [0.4, 0.5) is 0 Å². The van der Waals surface area contributed by atoms with Crippen LogP contribution in [0, 0.1) is 0 Å². The van der Waals surface area contributed by atoms with Gasteiger partial charge in [0.2, 0.25) is 0 Å². The van der Waals surface area contributed by atoms with Crippen LogP contribution < -0.4 is 10.4 Å². The Labute approximate surface area is 92.0 Å². The van der Waals surface area contributed by atoms with Crippen LogP contribution in [0.2, 0.25) is 0 Å². The van der Waals surface area contributed by atoms with E-state index in [0.29, 0.717) is 6.29 Å². The van der Waals surface area contributed by atoms with Gasteiger partial charge in [-0.1, -0.05) is 6.08 Å². The first kappa shape index (κ1) is 12.2. The maximum atomic E-state index is 11.4. The molecule has 0 atom stereocenters. The van der Waals surface area contributed by atoms with Crippen molar-refractivity contribution in [2.24, 2.45) is 0 Å². The molecule has 1 N–H and O–H groups in total. The van der Waals surface area contributed by atoms with Crippen LogP contribution in [-0.4, -0.2) is 18.5 Å². The number of rotatable bonds is 4. The van der Waals surface area contributed by atoms with E-state index in [4.69, 9.17) is 14.3 Å². The maximum absolute atomic E-state index is 11.4. The number of carbonyl (C=O) groups is 1. The number of aldehydes is 1. The van der Waals surface area contributed by atoms with E-state index in [1.807, 2.05) is 0 Å².